The number of nitrogens with two attached hydrogens (primary N) is 1. The standard InChI is InChI=1S/C17H23N3O2/c1-19-9-6-16-14(11-19)13-10-12(17(21)22-2)4-5-15(13)20(16)8-3-7-18/h4-5,10H,3,6-9,11,18H2,1-2H3. The first-order chi connectivity index (χ1) is 10.7. The topological polar surface area (TPSA) is 60.5 Å². The summed E-state index contributed by atoms with van der Waals surface area (Å²) in [6.45, 7) is 3.61. The van der Waals surface area contributed by atoms with Gasteiger partial charge in [-0.05, 0) is 43.8 Å². The van der Waals surface area contributed by atoms with Crippen LogP contribution in [0.25, 0.3) is 10.9 Å². The number of ether oxygens (including phenoxy) is 1. The fourth-order valence-corrected chi connectivity index (χ4v) is 3.33. The molecule has 3 rings (SSSR count). The van der Waals surface area contributed by atoms with E-state index in [-0.39, 0.29) is 5.97 Å². The van der Waals surface area contributed by atoms with Gasteiger partial charge in [-0.25, -0.2) is 4.79 Å². The molecule has 0 radical (unpaired) electrons. The van der Waals surface area contributed by atoms with E-state index in [1.54, 1.807) is 0 Å². The molecule has 0 fully saturated rings. The summed E-state index contributed by atoms with van der Waals surface area (Å²) in [5.74, 6) is -0.283. The molecule has 0 spiro atoms. The summed E-state index contributed by atoms with van der Waals surface area (Å²) in [6, 6.07) is 5.86. The molecule has 1 aromatic heterocycles. The van der Waals surface area contributed by atoms with Crippen LogP contribution in [-0.4, -0.2) is 42.7 Å². The summed E-state index contributed by atoms with van der Waals surface area (Å²) >= 11 is 0. The Morgan fingerprint density at radius 1 is 1.41 bits per heavy atom. The van der Waals surface area contributed by atoms with Gasteiger partial charge in [-0.15, -0.1) is 0 Å². The van der Waals surface area contributed by atoms with Gasteiger partial charge in [-0.2, -0.15) is 0 Å². The first kappa shape index (κ1) is 15.1. The van der Waals surface area contributed by atoms with Gasteiger partial charge in [0.05, 0.1) is 12.7 Å². The summed E-state index contributed by atoms with van der Waals surface area (Å²) < 4.78 is 7.23. The summed E-state index contributed by atoms with van der Waals surface area (Å²) in [7, 11) is 3.55. The van der Waals surface area contributed by atoms with Crippen LogP contribution in [0.2, 0.25) is 0 Å². The molecule has 2 heterocycles. The van der Waals surface area contributed by atoms with E-state index in [9.17, 15) is 4.79 Å². The number of likely N-dealkylation sites (N-methyl/N-ethyl adjacent to an activating group) is 1. The Labute approximate surface area is 130 Å². The number of fused-ring (bicyclic) bond motifs is 3. The van der Waals surface area contributed by atoms with Crippen LogP contribution in [0.3, 0.4) is 0 Å². The second kappa shape index (κ2) is 6.10. The average molecular weight is 301 g/mol. The minimum Gasteiger partial charge on any atom is -0.465 e. The van der Waals surface area contributed by atoms with Crippen molar-refractivity contribution in [3.63, 3.8) is 0 Å². The lowest BCUT2D eigenvalue weighted by molar-refractivity contribution is 0.0601. The Morgan fingerprint density at radius 3 is 2.95 bits per heavy atom. The van der Waals surface area contributed by atoms with Crippen molar-refractivity contribution in [2.45, 2.75) is 25.9 Å². The van der Waals surface area contributed by atoms with Crippen LogP contribution >= 0.6 is 0 Å². The maximum atomic E-state index is 11.8. The Hall–Kier alpha value is -1.85. The number of benzene rings is 1. The number of rotatable bonds is 4. The summed E-state index contributed by atoms with van der Waals surface area (Å²) in [5, 5.41) is 1.17. The average Bonchev–Trinajstić information content (AvgIpc) is 2.84. The molecule has 1 aliphatic rings. The van der Waals surface area contributed by atoms with Crippen LogP contribution in [0.5, 0.6) is 0 Å². The zero-order valence-corrected chi connectivity index (χ0v) is 13.3. The molecule has 0 saturated heterocycles. The van der Waals surface area contributed by atoms with E-state index >= 15 is 0 Å². The maximum Gasteiger partial charge on any atom is 0.337 e. The number of aromatic nitrogens is 1. The van der Waals surface area contributed by atoms with Gasteiger partial charge in [0.1, 0.15) is 0 Å². The van der Waals surface area contributed by atoms with E-state index in [0.29, 0.717) is 12.1 Å². The largest absolute Gasteiger partial charge is 0.465 e. The summed E-state index contributed by atoms with van der Waals surface area (Å²) in [5.41, 5.74) is 10.2. The van der Waals surface area contributed by atoms with Gasteiger partial charge < -0.3 is 19.9 Å². The number of esters is 1. The molecule has 118 valence electrons. The minimum absolute atomic E-state index is 0.283. The van der Waals surface area contributed by atoms with Gasteiger partial charge in [0, 0.05) is 42.7 Å². The zero-order chi connectivity index (χ0) is 15.7. The molecule has 0 aliphatic carbocycles. The molecule has 0 bridgehead atoms. The van der Waals surface area contributed by atoms with Gasteiger partial charge >= 0.3 is 5.97 Å². The number of hydrogen-bond donors (Lipinski definition) is 1. The smallest absolute Gasteiger partial charge is 0.337 e. The van der Waals surface area contributed by atoms with Gasteiger partial charge in [0.2, 0.25) is 0 Å². The molecule has 2 aromatic rings. The van der Waals surface area contributed by atoms with Crippen molar-refractivity contribution in [2.75, 3.05) is 27.2 Å². The highest BCUT2D eigenvalue weighted by atomic mass is 16.5. The molecule has 5 heteroatoms. The molecule has 5 nitrogen and oxygen atoms in total. The molecule has 0 saturated carbocycles. The number of nitrogens with zero attached hydrogens (tertiary/aromatic N) is 2. The van der Waals surface area contributed by atoms with Crippen molar-refractivity contribution >= 4 is 16.9 Å². The first-order valence-electron chi connectivity index (χ1n) is 7.76. The van der Waals surface area contributed by atoms with Crippen molar-refractivity contribution in [2.24, 2.45) is 5.73 Å². The van der Waals surface area contributed by atoms with E-state index in [4.69, 9.17) is 10.5 Å². The molecule has 0 atom stereocenters. The third-order valence-corrected chi connectivity index (χ3v) is 4.45. The van der Waals surface area contributed by atoms with Crippen LogP contribution in [0.4, 0.5) is 0 Å². The number of aryl methyl sites for hydroxylation is 1. The summed E-state index contributed by atoms with van der Waals surface area (Å²) in [6.07, 6.45) is 2.00. The molecule has 22 heavy (non-hydrogen) atoms. The third kappa shape index (κ3) is 2.51. The fourth-order valence-electron chi connectivity index (χ4n) is 3.33. The lowest BCUT2D eigenvalue weighted by Gasteiger charge is -2.24. The van der Waals surface area contributed by atoms with E-state index < -0.39 is 0 Å². The molecule has 2 N–H and O–H groups in total. The number of carbonyl (C=O) groups excluding carboxylic acids is 1. The van der Waals surface area contributed by atoms with Gasteiger partial charge in [0.25, 0.3) is 0 Å². The van der Waals surface area contributed by atoms with Gasteiger partial charge in [-0.1, -0.05) is 0 Å². The Kier molecular flexibility index (Phi) is 4.18. The predicted molar refractivity (Wildman–Crippen MR) is 87.0 cm³/mol. The predicted octanol–water partition coefficient (Wildman–Crippen LogP) is 1.76. The highest BCUT2D eigenvalue weighted by Crippen LogP contribution is 2.31. The van der Waals surface area contributed by atoms with Crippen LogP contribution in [0.15, 0.2) is 18.2 Å². The SMILES string of the molecule is COC(=O)c1ccc2c(c1)c1c(n2CCCN)CCN(C)C1. The van der Waals surface area contributed by atoms with Crippen molar-refractivity contribution in [1.29, 1.82) is 0 Å². The van der Waals surface area contributed by atoms with E-state index in [1.807, 2.05) is 18.2 Å². The quantitative estimate of drug-likeness (QED) is 0.874. The zero-order valence-electron chi connectivity index (χ0n) is 13.3. The van der Waals surface area contributed by atoms with E-state index in [0.717, 1.165) is 32.5 Å². The highest BCUT2D eigenvalue weighted by molar-refractivity contribution is 5.96. The second-order valence-corrected chi connectivity index (χ2v) is 5.93. The monoisotopic (exact) mass is 301 g/mol. The fraction of sp³-hybridized carbons (Fsp3) is 0.471. The van der Waals surface area contributed by atoms with Crippen molar-refractivity contribution in [3.05, 3.63) is 35.0 Å². The Bertz CT molecular complexity index is 705. The van der Waals surface area contributed by atoms with E-state index in [2.05, 4.69) is 16.5 Å². The van der Waals surface area contributed by atoms with Crippen molar-refractivity contribution < 1.29 is 9.53 Å². The minimum atomic E-state index is -0.283. The van der Waals surface area contributed by atoms with Crippen LogP contribution in [0, 0.1) is 0 Å². The van der Waals surface area contributed by atoms with Gasteiger partial charge in [-0.3, -0.25) is 0 Å². The molecule has 0 unspecified atom stereocenters. The number of hydrogen-bond acceptors (Lipinski definition) is 4. The molecule has 0 amide bonds. The second-order valence-electron chi connectivity index (χ2n) is 5.93. The third-order valence-electron chi connectivity index (χ3n) is 4.45. The molecule has 1 aliphatic heterocycles. The van der Waals surface area contributed by atoms with Crippen molar-refractivity contribution in [3.8, 4) is 0 Å². The normalized spacial score (nSPS) is 15.0. The molecular weight excluding hydrogens is 278 g/mol. The maximum absolute atomic E-state index is 11.8. The Morgan fingerprint density at radius 2 is 2.23 bits per heavy atom. The molecule has 1 aromatic carbocycles. The number of carbonyl (C=O) groups is 1. The van der Waals surface area contributed by atoms with Crippen LogP contribution < -0.4 is 5.73 Å². The van der Waals surface area contributed by atoms with Crippen molar-refractivity contribution in [1.82, 2.24) is 9.47 Å². The Balaban J connectivity index is 2.16. The van der Waals surface area contributed by atoms with Crippen LogP contribution in [0.1, 0.15) is 28.0 Å². The lowest BCUT2D eigenvalue weighted by Crippen LogP contribution is -2.27. The summed E-state index contributed by atoms with van der Waals surface area (Å²) in [4.78, 5) is 14.1. The van der Waals surface area contributed by atoms with Gasteiger partial charge in [0.15, 0.2) is 0 Å². The van der Waals surface area contributed by atoms with Crippen LogP contribution in [-0.2, 0) is 24.2 Å². The highest BCUT2D eigenvalue weighted by Gasteiger charge is 2.23. The number of methoxy groups -OCH3 is 1. The first-order valence-corrected chi connectivity index (χ1v) is 7.76. The van der Waals surface area contributed by atoms with E-state index in [1.165, 1.54) is 29.3 Å². The lowest BCUT2D eigenvalue weighted by atomic mass is 10.0. The molecular formula is C17H23N3O2.